The summed E-state index contributed by atoms with van der Waals surface area (Å²) in [5, 5.41) is 6.12. The molecule has 2 N–H and O–H groups in total. The molecule has 1 aromatic heterocycles. The van der Waals surface area contributed by atoms with Crippen LogP contribution in [0.25, 0.3) is 0 Å². The van der Waals surface area contributed by atoms with Gasteiger partial charge in [-0.15, -0.1) is 0 Å². The minimum absolute atomic E-state index is 0.0817. The van der Waals surface area contributed by atoms with E-state index in [9.17, 15) is 4.79 Å². The summed E-state index contributed by atoms with van der Waals surface area (Å²) in [7, 11) is 0. The number of carbonyl (C=O) groups is 1. The van der Waals surface area contributed by atoms with Crippen molar-refractivity contribution in [3.8, 4) is 5.88 Å². The Balaban J connectivity index is 1.73. The van der Waals surface area contributed by atoms with Crippen molar-refractivity contribution in [1.29, 1.82) is 0 Å². The Bertz CT molecular complexity index is 487. The van der Waals surface area contributed by atoms with Crippen molar-refractivity contribution < 1.29 is 9.53 Å². The summed E-state index contributed by atoms with van der Waals surface area (Å²) >= 11 is 0. The third-order valence-electron chi connectivity index (χ3n) is 2.99. The number of hydrogen-bond donors (Lipinski definition) is 2. The molecule has 0 bridgehead atoms. The molecule has 0 spiro atoms. The molecular formula is C15H24N4O2. The fraction of sp³-hybridized carbons (Fsp3) is 0.667. The van der Waals surface area contributed by atoms with Gasteiger partial charge < -0.3 is 15.4 Å². The van der Waals surface area contributed by atoms with E-state index in [1.807, 2.05) is 26.8 Å². The molecule has 0 atom stereocenters. The lowest BCUT2D eigenvalue weighted by atomic mass is 10.3. The third kappa shape index (κ3) is 5.97. The van der Waals surface area contributed by atoms with Crippen molar-refractivity contribution in [2.45, 2.75) is 58.6 Å². The Hall–Kier alpha value is -1.85. The van der Waals surface area contributed by atoms with Crippen LogP contribution >= 0.6 is 0 Å². The SMILES string of the molecule is Cc1cc(OC(C)C)nc(NCCCC(=O)NC2CC2)n1. The molecular weight excluding hydrogens is 268 g/mol. The Morgan fingerprint density at radius 2 is 2.19 bits per heavy atom. The molecule has 1 amide bonds. The van der Waals surface area contributed by atoms with E-state index >= 15 is 0 Å². The standard InChI is InChI=1S/C15H24N4O2/c1-10(2)21-14-9-11(3)17-15(19-14)16-8-4-5-13(20)18-12-6-7-12/h9-10,12H,4-8H2,1-3H3,(H,18,20)(H,16,17,19). The molecule has 0 unspecified atom stereocenters. The Morgan fingerprint density at radius 1 is 1.43 bits per heavy atom. The van der Waals surface area contributed by atoms with Crippen LogP contribution < -0.4 is 15.4 Å². The number of carbonyl (C=O) groups excluding carboxylic acids is 1. The summed E-state index contributed by atoms with van der Waals surface area (Å²) in [5.41, 5.74) is 0.856. The molecule has 1 heterocycles. The van der Waals surface area contributed by atoms with Gasteiger partial charge in [-0.25, -0.2) is 4.98 Å². The molecule has 0 aromatic carbocycles. The van der Waals surface area contributed by atoms with E-state index in [0.717, 1.165) is 25.0 Å². The second-order valence-electron chi connectivity index (χ2n) is 5.71. The van der Waals surface area contributed by atoms with Crippen LogP contribution in [0.3, 0.4) is 0 Å². The van der Waals surface area contributed by atoms with Gasteiger partial charge in [0.1, 0.15) is 0 Å². The zero-order valence-corrected chi connectivity index (χ0v) is 13.0. The largest absolute Gasteiger partial charge is 0.475 e. The summed E-state index contributed by atoms with van der Waals surface area (Å²) in [6, 6.07) is 2.25. The highest BCUT2D eigenvalue weighted by atomic mass is 16.5. The van der Waals surface area contributed by atoms with Crippen LogP contribution in [0.1, 0.15) is 45.2 Å². The molecule has 6 nitrogen and oxygen atoms in total. The number of ether oxygens (including phenoxy) is 1. The highest BCUT2D eigenvalue weighted by molar-refractivity contribution is 5.76. The van der Waals surface area contributed by atoms with Crippen molar-refractivity contribution in [3.63, 3.8) is 0 Å². The van der Waals surface area contributed by atoms with Crippen LogP contribution in [0, 0.1) is 6.92 Å². The van der Waals surface area contributed by atoms with Gasteiger partial charge >= 0.3 is 0 Å². The molecule has 1 saturated carbocycles. The van der Waals surface area contributed by atoms with Crippen molar-refractivity contribution >= 4 is 11.9 Å². The number of rotatable bonds is 8. The summed E-state index contributed by atoms with van der Waals surface area (Å²) in [6.45, 7) is 6.50. The summed E-state index contributed by atoms with van der Waals surface area (Å²) in [6.07, 6.45) is 3.62. The molecule has 1 aliphatic carbocycles. The van der Waals surface area contributed by atoms with E-state index < -0.39 is 0 Å². The van der Waals surface area contributed by atoms with Crippen molar-refractivity contribution in [3.05, 3.63) is 11.8 Å². The molecule has 1 fully saturated rings. The van der Waals surface area contributed by atoms with E-state index in [1.165, 1.54) is 0 Å². The molecule has 6 heteroatoms. The Morgan fingerprint density at radius 3 is 2.86 bits per heavy atom. The second-order valence-corrected chi connectivity index (χ2v) is 5.71. The summed E-state index contributed by atoms with van der Waals surface area (Å²) in [4.78, 5) is 20.2. The Kier molecular flexibility index (Phi) is 5.36. The minimum Gasteiger partial charge on any atom is -0.475 e. The first kappa shape index (κ1) is 15.5. The van der Waals surface area contributed by atoms with E-state index in [2.05, 4.69) is 20.6 Å². The predicted molar refractivity (Wildman–Crippen MR) is 81.4 cm³/mol. The highest BCUT2D eigenvalue weighted by Crippen LogP contribution is 2.18. The molecule has 0 saturated heterocycles. The van der Waals surface area contributed by atoms with Crippen LogP contribution in [0.2, 0.25) is 0 Å². The van der Waals surface area contributed by atoms with Crippen LogP contribution in [0.4, 0.5) is 5.95 Å². The van der Waals surface area contributed by atoms with Crippen molar-refractivity contribution in [2.24, 2.45) is 0 Å². The third-order valence-corrected chi connectivity index (χ3v) is 2.99. The molecule has 116 valence electrons. The molecule has 0 aliphatic heterocycles. The zero-order valence-electron chi connectivity index (χ0n) is 13.0. The highest BCUT2D eigenvalue weighted by Gasteiger charge is 2.22. The van der Waals surface area contributed by atoms with Gasteiger partial charge in [0.05, 0.1) is 6.10 Å². The second kappa shape index (κ2) is 7.24. The molecule has 1 aromatic rings. The summed E-state index contributed by atoms with van der Waals surface area (Å²) in [5.74, 6) is 1.26. The van der Waals surface area contributed by atoms with Crippen LogP contribution in [-0.2, 0) is 4.79 Å². The average molecular weight is 292 g/mol. The quantitative estimate of drug-likeness (QED) is 0.717. The monoisotopic (exact) mass is 292 g/mol. The van der Waals surface area contributed by atoms with Gasteiger partial charge in [-0.05, 0) is 40.0 Å². The van der Waals surface area contributed by atoms with Gasteiger partial charge in [0, 0.05) is 30.8 Å². The number of nitrogens with zero attached hydrogens (tertiary/aromatic N) is 2. The number of amides is 1. The van der Waals surface area contributed by atoms with E-state index in [-0.39, 0.29) is 12.0 Å². The summed E-state index contributed by atoms with van der Waals surface area (Å²) < 4.78 is 5.58. The maximum atomic E-state index is 11.5. The van der Waals surface area contributed by atoms with E-state index in [4.69, 9.17) is 4.74 Å². The first-order chi connectivity index (χ1) is 10.0. The normalized spacial score (nSPS) is 14.1. The van der Waals surface area contributed by atoms with Gasteiger partial charge in [0.25, 0.3) is 0 Å². The minimum atomic E-state index is 0.0817. The van der Waals surface area contributed by atoms with Gasteiger partial charge in [-0.2, -0.15) is 4.98 Å². The first-order valence-electron chi connectivity index (χ1n) is 7.58. The number of hydrogen-bond acceptors (Lipinski definition) is 5. The van der Waals surface area contributed by atoms with E-state index in [1.54, 1.807) is 0 Å². The number of nitrogens with one attached hydrogen (secondary N) is 2. The Labute approximate surface area is 125 Å². The van der Waals surface area contributed by atoms with Crippen molar-refractivity contribution in [1.82, 2.24) is 15.3 Å². The fourth-order valence-electron chi connectivity index (χ4n) is 1.90. The zero-order chi connectivity index (χ0) is 15.2. The average Bonchev–Trinajstić information content (AvgIpc) is 3.17. The topological polar surface area (TPSA) is 76.1 Å². The van der Waals surface area contributed by atoms with Crippen LogP contribution in [0.15, 0.2) is 6.07 Å². The number of aromatic nitrogens is 2. The number of aryl methyl sites for hydroxylation is 1. The van der Waals surface area contributed by atoms with Crippen LogP contribution in [0.5, 0.6) is 5.88 Å². The lowest BCUT2D eigenvalue weighted by Gasteiger charge is -2.11. The van der Waals surface area contributed by atoms with Gasteiger partial charge in [-0.1, -0.05) is 0 Å². The van der Waals surface area contributed by atoms with Gasteiger partial charge in [-0.3, -0.25) is 4.79 Å². The number of anilines is 1. The molecule has 2 rings (SSSR count). The molecule has 1 aliphatic rings. The maximum absolute atomic E-state index is 11.5. The van der Waals surface area contributed by atoms with Crippen LogP contribution in [-0.4, -0.2) is 34.6 Å². The lowest BCUT2D eigenvalue weighted by molar-refractivity contribution is -0.121. The smallest absolute Gasteiger partial charge is 0.226 e. The van der Waals surface area contributed by atoms with Gasteiger partial charge in [0.15, 0.2) is 0 Å². The first-order valence-corrected chi connectivity index (χ1v) is 7.58. The molecule has 21 heavy (non-hydrogen) atoms. The van der Waals surface area contributed by atoms with Gasteiger partial charge in [0.2, 0.25) is 17.7 Å². The van der Waals surface area contributed by atoms with E-state index in [0.29, 0.717) is 30.8 Å². The predicted octanol–water partition coefficient (Wildman–Crippen LogP) is 2.04. The lowest BCUT2D eigenvalue weighted by Crippen LogP contribution is -2.25. The fourth-order valence-corrected chi connectivity index (χ4v) is 1.90. The van der Waals surface area contributed by atoms with Crippen molar-refractivity contribution in [2.75, 3.05) is 11.9 Å². The maximum Gasteiger partial charge on any atom is 0.226 e. The molecule has 0 radical (unpaired) electrons.